The zero-order valence-corrected chi connectivity index (χ0v) is 17.4. The van der Waals surface area contributed by atoms with Crippen molar-refractivity contribution in [2.75, 3.05) is 11.9 Å². The van der Waals surface area contributed by atoms with E-state index in [4.69, 9.17) is 4.74 Å². The third-order valence-electron chi connectivity index (χ3n) is 4.25. The van der Waals surface area contributed by atoms with Crippen molar-refractivity contribution in [1.82, 2.24) is 9.55 Å². The van der Waals surface area contributed by atoms with E-state index in [2.05, 4.69) is 10.3 Å². The van der Waals surface area contributed by atoms with E-state index in [-0.39, 0.29) is 6.61 Å². The van der Waals surface area contributed by atoms with Gasteiger partial charge in [-0.25, -0.2) is 31.7 Å². The maximum absolute atomic E-state index is 14.7. The monoisotopic (exact) mass is 455 g/mol. The highest BCUT2D eigenvalue weighted by atomic mass is 19.2. The molecule has 6 nitrogen and oxygen atoms in total. The predicted molar refractivity (Wildman–Crippen MR) is 106 cm³/mol. The van der Waals surface area contributed by atoms with E-state index in [0.717, 1.165) is 0 Å². The average molecular weight is 455 g/mol. The summed E-state index contributed by atoms with van der Waals surface area (Å²) in [4.78, 5) is 28.7. The quantitative estimate of drug-likeness (QED) is 0.357. The van der Waals surface area contributed by atoms with Crippen molar-refractivity contribution >= 4 is 22.7 Å². The fourth-order valence-electron chi connectivity index (χ4n) is 2.98. The van der Waals surface area contributed by atoms with Crippen LogP contribution in [0.15, 0.2) is 23.1 Å². The molecule has 0 saturated carbocycles. The largest absolute Gasteiger partial charge is 0.462 e. The summed E-state index contributed by atoms with van der Waals surface area (Å²) >= 11 is 0. The topological polar surface area (TPSA) is 73.2 Å². The van der Waals surface area contributed by atoms with Gasteiger partial charge < -0.3 is 10.1 Å². The minimum absolute atomic E-state index is 0.134. The van der Waals surface area contributed by atoms with Crippen LogP contribution in [0.25, 0.3) is 16.7 Å². The Morgan fingerprint density at radius 1 is 1.06 bits per heavy atom. The molecule has 2 heterocycles. The summed E-state index contributed by atoms with van der Waals surface area (Å²) < 4.78 is 76.9. The van der Waals surface area contributed by atoms with Crippen LogP contribution < -0.4 is 10.7 Å². The lowest BCUT2D eigenvalue weighted by Crippen LogP contribution is -2.28. The maximum atomic E-state index is 14.7. The summed E-state index contributed by atoms with van der Waals surface area (Å²) in [7, 11) is 0. The van der Waals surface area contributed by atoms with Crippen LogP contribution in [0.3, 0.4) is 0 Å². The van der Waals surface area contributed by atoms with E-state index in [1.807, 2.05) is 0 Å². The molecule has 0 bridgehead atoms. The Kier molecular flexibility index (Phi) is 5.94. The van der Waals surface area contributed by atoms with Gasteiger partial charge in [0, 0.05) is 17.8 Å². The first-order chi connectivity index (χ1) is 14.9. The standard InChI is InChI=1S/C21H18F5N3O3/c1-5-32-20(31)10-8-29(16-9(17(10)30)6-11(22)14(25)15(16)26)19-13(24)7-12(23)18(27-19)28-21(2,3)4/h6-8H,5H2,1-4H3,(H,27,28). The highest BCUT2D eigenvalue weighted by molar-refractivity contribution is 5.94. The molecule has 2 aromatic heterocycles. The van der Waals surface area contributed by atoms with Gasteiger partial charge in [-0.15, -0.1) is 0 Å². The van der Waals surface area contributed by atoms with Gasteiger partial charge >= 0.3 is 5.97 Å². The Labute approximate surface area is 178 Å². The van der Waals surface area contributed by atoms with Gasteiger partial charge in [-0.1, -0.05) is 0 Å². The molecule has 1 N–H and O–H groups in total. The van der Waals surface area contributed by atoms with E-state index < -0.39 is 74.1 Å². The number of hydrogen-bond donors (Lipinski definition) is 1. The molecule has 11 heteroatoms. The lowest BCUT2D eigenvalue weighted by molar-refractivity contribution is 0.0524. The van der Waals surface area contributed by atoms with Crippen LogP contribution in [0.5, 0.6) is 0 Å². The first kappa shape index (κ1) is 23.2. The molecular formula is C21H18F5N3O3. The SMILES string of the molecule is CCOC(=O)c1cn(-c2nc(NC(C)(C)C)c(F)cc2F)c2c(F)c(F)c(F)cc2c1=O. The zero-order valence-electron chi connectivity index (χ0n) is 17.4. The van der Waals surface area contributed by atoms with Gasteiger partial charge in [-0.05, 0) is 33.8 Å². The molecule has 0 aliphatic heterocycles. The minimum atomic E-state index is -1.93. The first-order valence-corrected chi connectivity index (χ1v) is 9.40. The Balaban J connectivity index is 2.46. The Morgan fingerprint density at radius 3 is 2.31 bits per heavy atom. The summed E-state index contributed by atoms with van der Waals surface area (Å²) in [5, 5.41) is 1.93. The van der Waals surface area contributed by atoms with Crippen LogP contribution in [0.1, 0.15) is 38.1 Å². The number of ether oxygens (including phenoxy) is 1. The van der Waals surface area contributed by atoms with Crippen LogP contribution in [0, 0.1) is 29.1 Å². The fourth-order valence-corrected chi connectivity index (χ4v) is 2.98. The van der Waals surface area contributed by atoms with E-state index >= 15 is 0 Å². The highest BCUT2D eigenvalue weighted by Crippen LogP contribution is 2.27. The number of pyridine rings is 2. The van der Waals surface area contributed by atoms with E-state index in [1.54, 1.807) is 20.8 Å². The van der Waals surface area contributed by atoms with Crippen molar-refractivity contribution in [3.63, 3.8) is 0 Å². The Hall–Kier alpha value is -3.50. The molecule has 0 aliphatic rings. The van der Waals surface area contributed by atoms with E-state index in [9.17, 15) is 31.5 Å². The number of nitrogens with one attached hydrogen (secondary N) is 1. The molecule has 0 radical (unpaired) electrons. The van der Waals surface area contributed by atoms with Crippen LogP contribution >= 0.6 is 0 Å². The van der Waals surface area contributed by atoms with E-state index in [1.165, 1.54) is 6.92 Å². The van der Waals surface area contributed by atoms with Gasteiger partial charge in [-0.3, -0.25) is 9.36 Å². The third-order valence-corrected chi connectivity index (χ3v) is 4.25. The predicted octanol–water partition coefficient (Wildman–Crippen LogP) is 4.47. The smallest absolute Gasteiger partial charge is 0.343 e. The molecule has 32 heavy (non-hydrogen) atoms. The van der Waals surface area contributed by atoms with Crippen molar-refractivity contribution in [3.05, 3.63) is 63.2 Å². The number of rotatable bonds is 4. The van der Waals surface area contributed by atoms with Crippen LogP contribution in [-0.2, 0) is 4.74 Å². The molecule has 0 spiro atoms. The fraction of sp³-hybridized carbons (Fsp3) is 0.286. The van der Waals surface area contributed by atoms with Crippen molar-refractivity contribution in [2.45, 2.75) is 33.2 Å². The summed E-state index contributed by atoms with van der Waals surface area (Å²) in [6, 6.07) is 0.827. The van der Waals surface area contributed by atoms with Crippen molar-refractivity contribution in [1.29, 1.82) is 0 Å². The number of anilines is 1. The second kappa shape index (κ2) is 8.21. The lowest BCUT2D eigenvalue weighted by Gasteiger charge is -2.22. The van der Waals surface area contributed by atoms with E-state index in [0.29, 0.717) is 22.9 Å². The number of fused-ring (bicyclic) bond motifs is 1. The summed E-state index contributed by atoms with van der Waals surface area (Å²) in [6.45, 7) is 6.33. The molecule has 0 atom stereocenters. The number of hydrogen-bond acceptors (Lipinski definition) is 5. The van der Waals surface area contributed by atoms with Crippen LogP contribution in [0.2, 0.25) is 0 Å². The lowest BCUT2D eigenvalue weighted by atomic mass is 10.1. The van der Waals surface area contributed by atoms with Crippen molar-refractivity contribution < 1.29 is 31.5 Å². The molecule has 0 aliphatic carbocycles. The Morgan fingerprint density at radius 2 is 1.72 bits per heavy atom. The normalized spacial score (nSPS) is 11.7. The highest BCUT2D eigenvalue weighted by Gasteiger charge is 2.26. The second-order valence-electron chi connectivity index (χ2n) is 7.84. The number of carbonyl (C=O) groups is 1. The molecule has 1 aromatic carbocycles. The molecule has 0 fully saturated rings. The minimum Gasteiger partial charge on any atom is -0.462 e. The number of esters is 1. The molecule has 0 saturated heterocycles. The van der Waals surface area contributed by atoms with Crippen LogP contribution in [-0.4, -0.2) is 27.7 Å². The van der Waals surface area contributed by atoms with Gasteiger partial charge in [0.05, 0.1) is 17.5 Å². The van der Waals surface area contributed by atoms with Gasteiger partial charge in [0.2, 0.25) is 5.43 Å². The van der Waals surface area contributed by atoms with Gasteiger partial charge in [0.1, 0.15) is 5.56 Å². The van der Waals surface area contributed by atoms with Crippen LogP contribution in [0.4, 0.5) is 27.8 Å². The number of halogens is 5. The molecule has 0 amide bonds. The second-order valence-corrected chi connectivity index (χ2v) is 7.84. The summed E-state index contributed by atoms with van der Waals surface area (Å²) in [6.07, 6.45) is 0.688. The van der Waals surface area contributed by atoms with Gasteiger partial charge in [0.25, 0.3) is 0 Å². The van der Waals surface area contributed by atoms with Gasteiger partial charge in [-0.2, -0.15) is 0 Å². The molecule has 170 valence electrons. The summed E-state index contributed by atoms with van der Waals surface area (Å²) in [5.74, 6) is -10.2. The van der Waals surface area contributed by atoms with Crippen molar-refractivity contribution in [2.24, 2.45) is 0 Å². The number of aromatic nitrogens is 2. The maximum Gasteiger partial charge on any atom is 0.343 e. The zero-order chi connectivity index (χ0) is 24.0. The summed E-state index contributed by atoms with van der Waals surface area (Å²) in [5.41, 5.74) is -3.48. The molecule has 3 aromatic rings. The number of carbonyl (C=O) groups excluding carboxylic acids is 1. The van der Waals surface area contributed by atoms with Gasteiger partial charge in [0.15, 0.2) is 40.7 Å². The molecular weight excluding hydrogens is 437 g/mol. The number of nitrogens with zero attached hydrogens (tertiary/aromatic N) is 2. The molecule has 0 unspecified atom stereocenters. The Bertz CT molecular complexity index is 1300. The average Bonchev–Trinajstić information content (AvgIpc) is 2.68. The third kappa shape index (κ3) is 4.14. The first-order valence-electron chi connectivity index (χ1n) is 9.40. The molecule has 3 rings (SSSR count). The van der Waals surface area contributed by atoms with Crippen molar-refractivity contribution in [3.8, 4) is 5.82 Å². The number of benzene rings is 1.